The van der Waals surface area contributed by atoms with Gasteiger partial charge in [0.25, 0.3) is 0 Å². The highest BCUT2D eigenvalue weighted by Crippen LogP contribution is 2.25. The topological polar surface area (TPSA) is 112 Å². The molecule has 200 valence electrons. The molecular weight excluding hydrogens is 476 g/mol. The number of aromatic nitrogens is 2. The predicted octanol–water partition coefficient (Wildman–Crippen LogP) is 4.45. The van der Waals surface area contributed by atoms with Crippen molar-refractivity contribution in [1.82, 2.24) is 19.6 Å². The third kappa shape index (κ3) is 7.38. The number of carbonyl (C=O) groups excluding carboxylic acids is 2. The number of aromatic amines is 1. The number of para-hydroxylation sites is 1. The van der Waals surface area contributed by atoms with Crippen molar-refractivity contribution in [1.29, 1.82) is 0 Å². The van der Waals surface area contributed by atoms with Crippen LogP contribution in [0.15, 0.2) is 18.2 Å². The Kier molecular flexibility index (Phi) is 9.69. The molecule has 1 amide bonds. The summed E-state index contributed by atoms with van der Waals surface area (Å²) < 4.78 is 28.3. The SMILES string of the molecule is CC[C@H]1CCCCN1C(=O)C[C@H](NS(=O)(=O)CCC(C)C)C(=O)C[C@@H](C)c1nc2c(C)cccc2[nH]1. The molecule has 2 N–H and O–H groups in total. The van der Waals surface area contributed by atoms with Crippen LogP contribution in [0.2, 0.25) is 0 Å². The molecule has 0 radical (unpaired) electrons. The van der Waals surface area contributed by atoms with Crippen molar-refractivity contribution in [2.24, 2.45) is 5.92 Å². The van der Waals surface area contributed by atoms with Crippen molar-refractivity contribution in [3.8, 4) is 0 Å². The molecule has 1 saturated heterocycles. The number of sulfonamides is 1. The number of benzene rings is 1. The molecule has 0 spiro atoms. The number of likely N-dealkylation sites (tertiary alicyclic amines) is 1. The monoisotopic (exact) mass is 518 g/mol. The van der Waals surface area contributed by atoms with Crippen molar-refractivity contribution >= 4 is 32.7 Å². The molecule has 2 heterocycles. The van der Waals surface area contributed by atoms with E-state index in [-0.39, 0.29) is 48.2 Å². The molecule has 0 saturated carbocycles. The van der Waals surface area contributed by atoms with Gasteiger partial charge in [-0.05, 0) is 56.6 Å². The minimum atomic E-state index is -3.71. The number of fused-ring (bicyclic) bond motifs is 1. The number of rotatable bonds is 12. The van der Waals surface area contributed by atoms with Crippen molar-refractivity contribution in [2.75, 3.05) is 12.3 Å². The van der Waals surface area contributed by atoms with Gasteiger partial charge in [-0.25, -0.2) is 18.1 Å². The number of H-pyrrole nitrogens is 1. The van der Waals surface area contributed by atoms with Gasteiger partial charge in [0.2, 0.25) is 15.9 Å². The van der Waals surface area contributed by atoms with E-state index in [0.717, 1.165) is 42.3 Å². The summed E-state index contributed by atoms with van der Waals surface area (Å²) in [4.78, 5) is 36.5. The summed E-state index contributed by atoms with van der Waals surface area (Å²) in [7, 11) is -3.71. The van der Waals surface area contributed by atoms with Crippen LogP contribution in [0.3, 0.4) is 0 Å². The molecule has 1 aliphatic heterocycles. The Bertz CT molecular complexity index is 1160. The normalized spacial score (nSPS) is 18.5. The zero-order chi connectivity index (χ0) is 26.5. The highest BCUT2D eigenvalue weighted by atomic mass is 32.2. The molecule has 0 unspecified atom stereocenters. The molecule has 2 aromatic rings. The van der Waals surface area contributed by atoms with E-state index in [1.165, 1.54) is 0 Å². The maximum atomic E-state index is 13.5. The highest BCUT2D eigenvalue weighted by molar-refractivity contribution is 7.89. The molecule has 36 heavy (non-hydrogen) atoms. The number of aryl methyl sites for hydroxylation is 1. The van der Waals surface area contributed by atoms with E-state index in [1.807, 2.05) is 50.8 Å². The largest absolute Gasteiger partial charge is 0.342 e. The lowest BCUT2D eigenvalue weighted by molar-refractivity contribution is -0.137. The summed E-state index contributed by atoms with van der Waals surface area (Å²) in [5.41, 5.74) is 2.81. The number of carbonyl (C=O) groups is 2. The van der Waals surface area contributed by atoms with Gasteiger partial charge in [-0.3, -0.25) is 9.59 Å². The van der Waals surface area contributed by atoms with Gasteiger partial charge < -0.3 is 9.88 Å². The number of nitrogens with one attached hydrogen (secondary N) is 2. The number of Topliss-reactive ketones (excluding diaryl/α,β-unsaturated/α-hetero) is 1. The summed E-state index contributed by atoms with van der Waals surface area (Å²) in [6.07, 6.45) is 4.24. The number of imidazole rings is 1. The minimum Gasteiger partial charge on any atom is -0.342 e. The van der Waals surface area contributed by atoms with Crippen LogP contribution in [-0.4, -0.2) is 59.4 Å². The lowest BCUT2D eigenvalue weighted by Crippen LogP contribution is -2.49. The average molecular weight is 519 g/mol. The van der Waals surface area contributed by atoms with Crippen molar-refractivity contribution in [3.63, 3.8) is 0 Å². The fourth-order valence-electron chi connectivity index (χ4n) is 4.90. The van der Waals surface area contributed by atoms with Crippen LogP contribution in [0.25, 0.3) is 11.0 Å². The van der Waals surface area contributed by atoms with E-state index in [2.05, 4.69) is 21.6 Å². The third-order valence-electron chi connectivity index (χ3n) is 7.18. The van der Waals surface area contributed by atoms with Crippen LogP contribution in [-0.2, 0) is 19.6 Å². The molecule has 1 fully saturated rings. The fraction of sp³-hybridized carbons (Fsp3) is 0.667. The first kappa shape index (κ1) is 28.3. The second-order valence-electron chi connectivity index (χ2n) is 10.7. The molecule has 1 aromatic heterocycles. The van der Waals surface area contributed by atoms with Gasteiger partial charge in [0, 0.05) is 24.9 Å². The summed E-state index contributed by atoms with van der Waals surface area (Å²) in [6.45, 7) is 10.5. The van der Waals surface area contributed by atoms with E-state index in [4.69, 9.17) is 0 Å². The van der Waals surface area contributed by atoms with E-state index in [9.17, 15) is 18.0 Å². The summed E-state index contributed by atoms with van der Waals surface area (Å²) in [5, 5.41) is 0. The maximum absolute atomic E-state index is 13.5. The van der Waals surface area contributed by atoms with Gasteiger partial charge in [-0.2, -0.15) is 0 Å². The van der Waals surface area contributed by atoms with Crippen molar-refractivity contribution in [2.45, 2.75) is 97.6 Å². The average Bonchev–Trinajstić information content (AvgIpc) is 3.28. The number of ketones is 1. The zero-order valence-corrected chi connectivity index (χ0v) is 23.2. The van der Waals surface area contributed by atoms with Crippen LogP contribution >= 0.6 is 0 Å². The Morgan fingerprint density at radius 3 is 2.61 bits per heavy atom. The molecule has 0 aliphatic carbocycles. The second-order valence-corrected chi connectivity index (χ2v) is 12.6. The van der Waals surface area contributed by atoms with E-state index in [0.29, 0.717) is 18.8 Å². The number of piperidine rings is 1. The summed E-state index contributed by atoms with van der Waals surface area (Å²) >= 11 is 0. The van der Waals surface area contributed by atoms with Gasteiger partial charge in [-0.15, -0.1) is 0 Å². The van der Waals surface area contributed by atoms with Crippen LogP contribution < -0.4 is 4.72 Å². The summed E-state index contributed by atoms with van der Waals surface area (Å²) in [6, 6.07) is 4.95. The fourth-order valence-corrected chi connectivity index (χ4v) is 6.45. The molecule has 8 nitrogen and oxygen atoms in total. The number of nitrogens with zero attached hydrogens (tertiary/aromatic N) is 2. The van der Waals surface area contributed by atoms with Crippen LogP contribution in [0.5, 0.6) is 0 Å². The Labute approximate surface area is 215 Å². The Morgan fingerprint density at radius 2 is 1.94 bits per heavy atom. The molecule has 0 bridgehead atoms. The number of hydrogen-bond donors (Lipinski definition) is 2. The van der Waals surface area contributed by atoms with Gasteiger partial charge in [0.05, 0.1) is 29.2 Å². The standard InChI is InChI=1S/C27H42N4O4S/c1-6-21-11-7-8-14-31(21)25(33)17-23(30-36(34,35)15-13-18(2)3)24(32)16-20(5)27-28-22-12-9-10-19(4)26(22)29-27/h9-10,12,18,20-21,23,30H,6-8,11,13-17H2,1-5H3,(H,28,29)/t20-,21+,23+/m1/s1. The first-order valence-corrected chi connectivity index (χ1v) is 14.9. The second kappa shape index (κ2) is 12.3. The van der Waals surface area contributed by atoms with Gasteiger partial charge in [0.15, 0.2) is 5.78 Å². The molecule has 1 aromatic carbocycles. The van der Waals surface area contributed by atoms with Gasteiger partial charge in [0.1, 0.15) is 5.82 Å². The van der Waals surface area contributed by atoms with E-state index < -0.39 is 16.1 Å². The smallest absolute Gasteiger partial charge is 0.224 e. The molecule has 3 rings (SSSR count). The quantitative estimate of drug-likeness (QED) is 0.431. The van der Waals surface area contributed by atoms with Crippen LogP contribution in [0.1, 0.15) is 89.9 Å². The van der Waals surface area contributed by atoms with Crippen LogP contribution in [0, 0.1) is 12.8 Å². The Balaban J connectivity index is 1.78. The zero-order valence-electron chi connectivity index (χ0n) is 22.3. The lowest BCUT2D eigenvalue weighted by Gasteiger charge is -2.36. The van der Waals surface area contributed by atoms with Gasteiger partial charge in [-0.1, -0.05) is 39.8 Å². The van der Waals surface area contributed by atoms with Crippen LogP contribution in [0.4, 0.5) is 0 Å². The molecular formula is C27H42N4O4S. The first-order valence-electron chi connectivity index (χ1n) is 13.3. The number of hydrogen-bond acceptors (Lipinski definition) is 5. The van der Waals surface area contributed by atoms with Gasteiger partial charge >= 0.3 is 0 Å². The van der Waals surface area contributed by atoms with Crippen molar-refractivity contribution < 1.29 is 18.0 Å². The summed E-state index contributed by atoms with van der Waals surface area (Å²) in [5.74, 6) is 0.141. The first-order chi connectivity index (χ1) is 17.0. The predicted molar refractivity (Wildman–Crippen MR) is 143 cm³/mol. The Morgan fingerprint density at radius 1 is 1.19 bits per heavy atom. The van der Waals surface area contributed by atoms with E-state index in [1.54, 1.807) is 0 Å². The minimum absolute atomic E-state index is 0.0671. The molecule has 9 heteroatoms. The maximum Gasteiger partial charge on any atom is 0.224 e. The Hall–Kier alpha value is -2.26. The molecule has 3 atom stereocenters. The lowest BCUT2D eigenvalue weighted by atomic mass is 9.96. The number of amides is 1. The molecule has 1 aliphatic rings. The van der Waals surface area contributed by atoms with Crippen molar-refractivity contribution in [3.05, 3.63) is 29.6 Å². The van der Waals surface area contributed by atoms with E-state index >= 15 is 0 Å². The highest BCUT2D eigenvalue weighted by Gasteiger charge is 2.32. The third-order valence-corrected chi connectivity index (χ3v) is 8.60.